The number of rotatable bonds is 3. The van der Waals surface area contributed by atoms with E-state index < -0.39 is 0 Å². The summed E-state index contributed by atoms with van der Waals surface area (Å²) in [6.07, 6.45) is 1.65. The van der Waals surface area contributed by atoms with Gasteiger partial charge < -0.3 is 9.15 Å². The van der Waals surface area contributed by atoms with Crippen LogP contribution < -0.4 is 0 Å². The van der Waals surface area contributed by atoms with Gasteiger partial charge in [-0.2, -0.15) is 12.6 Å². The molecule has 0 aliphatic rings. The van der Waals surface area contributed by atoms with Crippen LogP contribution in [0.2, 0.25) is 0 Å². The van der Waals surface area contributed by atoms with Gasteiger partial charge in [0.25, 0.3) is 0 Å². The van der Waals surface area contributed by atoms with Gasteiger partial charge in [-0.05, 0) is 6.07 Å². The highest BCUT2D eigenvalue weighted by Crippen LogP contribution is 2.12. The van der Waals surface area contributed by atoms with E-state index in [0.29, 0.717) is 12.4 Å². The summed E-state index contributed by atoms with van der Waals surface area (Å²) in [6, 6.07) is 1.90. The molecule has 0 saturated heterocycles. The van der Waals surface area contributed by atoms with E-state index in [1.807, 2.05) is 6.07 Å². The molecule has 56 valence electrons. The van der Waals surface area contributed by atoms with Crippen molar-refractivity contribution < 1.29 is 9.15 Å². The maximum absolute atomic E-state index is 5.11. The molecule has 0 aromatic carbocycles. The highest BCUT2D eigenvalue weighted by atomic mass is 32.1. The van der Waals surface area contributed by atoms with Crippen LogP contribution in [-0.2, 0) is 17.1 Å². The topological polar surface area (TPSA) is 22.4 Å². The number of methoxy groups -OCH3 is 1. The lowest BCUT2D eigenvalue weighted by Crippen LogP contribution is -1.87. The summed E-state index contributed by atoms with van der Waals surface area (Å²) in [5, 5.41) is 0. The Morgan fingerprint density at radius 3 is 3.10 bits per heavy atom. The van der Waals surface area contributed by atoms with Crippen molar-refractivity contribution in [2.24, 2.45) is 0 Å². The predicted octanol–water partition coefficient (Wildman–Crippen LogP) is 1.86. The molecule has 0 atom stereocenters. The van der Waals surface area contributed by atoms with Crippen LogP contribution in [0.1, 0.15) is 11.3 Å². The van der Waals surface area contributed by atoms with E-state index >= 15 is 0 Å². The molecular formula is C7H10O2S. The molecule has 0 N–H and O–H groups in total. The standard InChI is InChI=1S/C7H10O2S/c1-8-4-6-2-3-9-7(6)5-10/h2-3,10H,4-5H2,1H3. The van der Waals surface area contributed by atoms with Crippen LogP contribution in [0, 0.1) is 0 Å². The van der Waals surface area contributed by atoms with E-state index in [9.17, 15) is 0 Å². The molecule has 2 nitrogen and oxygen atoms in total. The Balaban J connectivity index is 2.70. The minimum absolute atomic E-state index is 0.604. The first-order valence-electron chi connectivity index (χ1n) is 3.03. The van der Waals surface area contributed by atoms with Crippen molar-refractivity contribution in [1.82, 2.24) is 0 Å². The molecular weight excluding hydrogens is 148 g/mol. The molecule has 0 radical (unpaired) electrons. The Bertz CT molecular complexity index is 195. The highest BCUT2D eigenvalue weighted by Gasteiger charge is 2.01. The van der Waals surface area contributed by atoms with Gasteiger partial charge in [-0.3, -0.25) is 0 Å². The van der Waals surface area contributed by atoms with E-state index in [1.165, 1.54) is 0 Å². The van der Waals surface area contributed by atoms with Crippen LogP contribution in [-0.4, -0.2) is 7.11 Å². The maximum atomic E-state index is 5.11. The first-order chi connectivity index (χ1) is 4.88. The second-order valence-electron chi connectivity index (χ2n) is 1.96. The largest absolute Gasteiger partial charge is 0.468 e. The van der Waals surface area contributed by atoms with Crippen LogP contribution >= 0.6 is 12.6 Å². The van der Waals surface area contributed by atoms with E-state index in [-0.39, 0.29) is 0 Å². The number of hydrogen-bond acceptors (Lipinski definition) is 3. The zero-order valence-electron chi connectivity index (χ0n) is 5.83. The van der Waals surface area contributed by atoms with Gasteiger partial charge in [0.05, 0.1) is 12.9 Å². The molecule has 0 saturated carbocycles. The van der Waals surface area contributed by atoms with Gasteiger partial charge in [-0.15, -0.1) is 0 Å². The highest BCUT2D eigenvalue weighted by molar-refractivity contribution is 7.79. The summed E-state index contributed by atoms with van der Waals surface area (Å²) in [7, 11) is 1.66. The predicted molar refractivity (Wildman–Crippen MR) is 42.1 cm³/mol. The zero-order chi connectivity index (χ0) is 7.40. The SMILES string of the molecule is COCc1ccoc1CS. The van der Waals surface area contributed by atoms with Crippen molar-refractivity contribution in [3.63, 3.8) is 0 Å². The molecule has 0 aliphatic carbocycles. The molecule has 1 heterocycles. The Labute approximate surface area is 65.6 Å². The maximum Gasteiger partial charge on any atom is 0.118 e. The molecule has 1 aromatic heterocycles. The molecule has 10 heavy (non-hydrogen) atoms. The molecule has 0 bridgehead atoms. The molecule has 0 unspecified atom stereocenters. The van der Waals surface area contributed by atoms with Crippen molar-refractivity contribution in [3.05, 3.63) is 23.7 Å². The van der Waals surface area contributed by atoms with Gasteiger partial charge in [-0.25, -0.2) is 0 Å². The average molecular weight is 158 g/mol. The van der Waals surface area contributed by atoms with E-state index in [4.69, 9.17) is 9.15 Å². The van der Waals surface area contributed by atoms with Crippen LogP contribution in [0.3, 0.4) is 0 Å². The zero-order valence-corrected chi connectivity index (χ0v) is 6.73. The van der Waals surface area contributed by atoms with Crippen molar-refractivity contribution in [2.45, 2.75) is 12.4 Å². The molecule has 0 aliphatic heterocycles. The third-order valence-corrected chi connectivity index (χ3v) is 1.57. The van der Waals surface area contributed by atoms with Gasteiger partial charge in [0.2, 0.25) is 0 Å². The summed E-state index contributed by atoms with van der Waals surface area (Å²) in [6.45, 7) is 0.604. The second-order valence-corrected chi connectivity index (χ2v) is 2.28. The number of hydrogen-bond donors (Lipinski definition) is 1. The number of ether oxygens (including phenoxy) is 1. The van der Waals surface area contributed by atoms with Gasteiger partial charge in [0, 0.05) is 18.4 Å². The average Bonchev–Trinajstić information content (AvgIpc) is 2.36. The van der Waals surface area contributed by atoms with Crippen LogP contribution in [0.5, 0.6) is 0 Å². The fourth-order valence-corrected chi connectivity index (χ4v) is 1.07. The Kier molecular flexibility index (Phi) is 2.83. The van der Waals surface area contributed by atoms with E-state index in [1.54, 1.807) is 13.4 Å². The summed E-state index contributed by atoms with van der Waals surface area (Å²) >= 11 is 4.09. The molecule has 0 amide bonds. The minimum Gasteiger partial charge on any atom is -0.468 e. The Morgan fingerprint density at radius 1 is 1.70 bits per heavy atom. The summed E-state index contributed by atoms with van der Waals surface area (Å²) < 4.78 is 10.0. The quantitative estimate of drug-likeness (QED) is 0.678. The second kappa shape index (κ2) is 3.68. The molecule has 0 spiro atoms. The number of thiol groups is 1. The molecule has 3 heteroatoms. The summed E-state index contributed by atoms with van der Waals surface area (Å²) in [4.78, 5) is 0. The summed E-state index contributed by atoms with van der Waals surface area (Å²) in [5.74, 6) is 1.52. The smallest absolute Gasteiger partial charge is 0.118 e. The third kappa shape index (κ3) is 1.55. The lowest BCUT2D eigenvalue weighted by molar-refractivity contribution is 0.183. The van der Waals surface area contributed by atoms with Crippen LogP contribution in [0.4, 0.5) is 0 Å². The van der Waals surface area contributed by atoms with Gasteiger partial charge in [-0.1, -0.05) is 0 Å². The third-order valence-electron chi connectivity index (χ3n) is 1.28. The summed E-state index contributed by atoms with van der Waals surface area (Å²) in [5.41, 5.74) is 1.08. The Hall–Kier alpha value is -0.410. The molecule has 1 rings (SSSR count). The van der Waals surface area contributed by atoms with Crippen molar-refractivity contribution in [1.29, 1.82) is 0 Å². The normalized spacial score (nSPS) is 10.2. The number of furan rings is 1. The first-order valence-corrected chi connectivity index (χ1v) is 3.66. The van der Waals surface area contributed by atoms with Crippen LogP contribution in [0.25, 0.3) is 0 Å². The fourth-order valence-electron chi connectivity index (χ4n) is 0.790. The lowest BCUT2D eigenvalue weighted by atomic mass is 10.3. The van der Waals surface area contributed by atoms with Crippen molar-refractivity contribution >= 4 is 12.6 Å². The fraction of sp³-hybridized carbons (Fsp3) is 0.429. The van der Waals surface area contributed by atoms with Crippen LogP contribution in [0.15, 0.2) is 16.7 Å². The molecule has 0 fully saturated rings. The van der Waals surface area contributed by atoms with E-state index in [2.05, 4.69) is 12.6 Å². The van der Waals surface area contributed by atoms with Gasteiger partial charge >= 0.3 is 0 Å². The van der Waals surface area contributed by atoms with Gasteiger partial charge in [0.1, 0.15) is 5.76 Å². The Morgan fingerprint density at radius 2 is 2.50 bits per heavy atom. The lowest BCUT2D eigenvalue weighted by Gasteiger charge is -1.95. The van der Waals surface area contributed by atoms with Crippen molar-refractivity contribution in [3.8, 4) is 0 Å². The van der Waals surface area contributed by atoms with Gasteiger partial charge in [0.15, 0.2) is 0 Å². The van der Waals surface area contributed by atoms with E-state index in [0.717, 1.165) is 11.3 Å². The first kappa shape index (κ1) is 7.69. The van der Waals surface area contributed by atoms with Crippen molar-refractivity contribution in [2.75, 3.05) is 7.11 Å². The monoisotopic (exact) mass is 158 g/mol. The molecule has 1 aromatic rings. The minimum atomic E-state index is 0.604.